The first kappa shape index (κ1) is 20.1. The fourth-order valence-electron chi connectivity index (χ4n) is 4.31. The molecule has 1 fully saturated rings. The van der Waals surface area contributed by atoms with Gasteiger partial charge in [-0.2, -0.15) is 0 Å². The molecular formula is C22H28N2O4. The number of hydrogen-bond acceptors (Lipinski definition) is 4. The molecule has 2 heterocycles. The first-order valence-electron chi connectivity index (χ1n) is 9.70. The lowest BCUT2D eigenvalue weighted by atomic mass is 9.66. The van der Waals surface area contributed by atoms with Crippen LogP contribution in [0.1, 0.15) is 52.5 Å². The predicted molar refractivity (Wildman–Crippen MR) is 107 cm³/mol. The molecule has 150 valence electrons. The van der Waals surface area contributed by atoms with Crippen LogP contribution in [0.15, 0.2) is 36.4 Å². The van der Waals surface area contributed by atoms with Crippen molar-refractivity contribution in [3.8, 4) is 0 Å². The Morgan fingerprint density at radius 1 is 1.32 bits per heavy atom. The van der Waals surface area contributed by atoms with Crippen LogP contribution >= 0.6 is 0 Å². The summed E-state index contributed by atoms with van der Waals surface area (Å²) >= 11 is 0. The second kappa shape index (κ2) is 7.08. The average Bonchev–Trinajstić information content (AvgIpc) is 2.88. The van der Waals surface area contributed by atoms with Crippen molar-refractivity contribution in [2.45, 2.75) is 64.0 Å². The van der Waals surface area contributed by atoms with Gasteiger partial charge in [-0.1, -0.05) is 37.3 Å². The number of fused-ring (bicyclic) bond motifs is 2. The normalized spacial score (nSPS) is 24.1. The molecule has 1 spiro atoms. The van der Waals surface area contributed by atoms with Gasteiger partial charge in [0.25, 0.3) is 0 Å². The number of benzene rings is 1. The molecule has 1 aromatic carbocycles. The van der Waals surface area contributed by atoms with Crippen molar-refractivity contribution in [3.05, 3.63) is 42.0 Å². The average molecular weight is 384 g/mol. The Balaban J connectivity index is 2.05. The lowest BCUT2D eigenvalue weighted by molar-refractivity contribution is -0.162. The van der Waals surface area contributed by atoms with Crippen molar-refractivity contribution in [2.24, 2.45) is 0 Å². The van der Waals surface area contributed by atoms with E-state index in [1.165, 1.54) is 4.90 Å². The summed E-state index contributed by atoms with van der Waals surface area (Å²) in [6.45, 7) is 11.3. The van der Waals surface area contributed by atoms with Crippen LogP contribution < -0.4 is 5.32 Å². The third-order valence-electron chi connectivity index (χ3n) is 5.45. The van der Waals surface area contributed by atoms with Gasteiger partial charge in [0.2, 0.25) is 11.8 Å². The molecule has 2 aliphatic rings. The van der Waals surface area contributed by atoms with Crippen molar-refractivity contribution < 1.29 is 19.1 Å². The van der Waals surface area contributed by atoms with E-state index in [4.69, 9.17) is 4.74 Å². The summed E-state index contributed by atoms with van der Waals surface area (Å²) in [7, 11) is 0. The van der Waals surface area contributed by atoms with E-state index in [1.54, 1.807) is 20.8 Å². The summed E-state index contributed by atoms with van der Waals surface area (Å²) in [5.41, 5.74) is 0.791. The summed E-state index contributed by atoms with van der Waals surface area (Å²) in [4.78, 5) is 40.0. The number of carbonyl (C=O) groups excluding carboxylic acids is 3. The molecule has 3 rings (SSSR count). The second-order valence-electron chi connectivity index (χ2n) is 8.49. The minimum absolute atomic E-state index is 0.144. The Morgan fingerprint density at radius 3 is 2.64 bits per heavy atom. The van der Waals surface area contributed by atoms with Crippen molar-refractivity contribution in [1.29, 1.82) is 0 Å². The Morgan fingerprint density at radius 2 is 2.00 bits per heavy atom. The van der Waals surface area contributed by atoms with Gasteiger partial charge in [-0.15, -0.1) is 0 Å². The van der Waals surface area contributed by atoms with E-state index in [-0.39, 0.29) is 24.8 Å². The van der Waals surface area contributed by atoms with E-state index < -0.39 is 23.0 Å². The van der Waals surface area contributed by atoms with Gasteiger partial charge < -0.3 is 15.0 Å². The highest BCUT2D eigenvalue weighted by Crippen LogP contribution is 2.49. The Kier molecular flexibility index (Phi) is 5.08. The third kappa shape index (κ3) is 3.32. The third-order valence-corrected chi connectivity index (χ3v) is 5.45. The van der Waals surface area contributed by atoms with Gasteiger partial charge in [0, 0.05) is 12.1 Å². The minimum atomic E-state index is -0.931. The van der Waals surface area contributed by atoms with E-state index in [1.807, 2.05) is 31.2 Å². The molecule has 0 saturated carbocycles. The molecule has 2 amide bonds. The maximum atomic E-state index is 13.2. The first-order valence-corrected chi connectivity index (χ1v) is 9.70. The number of piperidine rings is 1. The smallest absolute Gasteiger partial charge is 0.326 e. The van der Waals surface area contributed by atoms with E-state index >= 15 is 0 Å². The van der Waals surface area contributed by atoms with Gasteiger partial charge in [-0.25, -0.2) is 0 Å². The Hall–Kier alpha value is -2.63. The van der Waals surface area contributed by atoms with Crippen LogP contribution in [-0.4, -0.2) is 40.9 Å². The molecule has 2 aliphatic heterocycles. The highest BCUT2D eigenvalue weighted by Gasteiger charge is 2.58. The van der Waals surface area contributed by atoms with Crippen molar-refractivity contribution >= 4 is 23.5 Å². The summed E-state index contributed by atoms with van der Waals surface area (Å²) in [5.74, 6) is -0.790. The zero-order valence-electron chi connectivity index (χ0n) is 17.0. The number of amides is 2. The lowest BCUT2D eigenvalue weighted by Gasteiger charge is -2.47. The molecule has 1 saturated heterocycles. The van der Waals surface area contributed by atoms with Gasteiger partial charge in [-0.05, 0) is 45.2 Å². The van der Waals surface area contributed by atoms with Crippen molar-refractivity contribution in [2.75, 3.05) is 11.9 Å². The molecule has 28 heavy (non-hydrogen) atoms. The van der Waals surface area contributed by atoms with Gasteiger partial charge in [0.05, 0.1) is 6.04 Å². The first-order chi connectivity index (χ1) is 13.1. The van der Waals surface area contributed by atoms with Crippen molar-refractivity contribution in [1.82, 2.24) is 4.90 Å². The monoisotopic (exact) mass is 384 g/mol. The quantitative estimate of drug-likeness (QED) is 0.639. The molecule has 0 aromatic heterocycles. The SMILES string of the molecule is C=C(CC)C1N(CC(=O)OC(C)(C)C)C(=O)CCC12C(=O)Nc1ccccc12. The second-order valence-corrected chi connectivity index (χ2v) is 8.49. The van der Waals surface area contributed by atoms with Crippen molar-refractivity contribution in [3.63, 3.8) is 0 Å². The number of anilines is 1. The van der Waals surface area contributed by atoms with Gasteiger partial charge >= 0.3 is 5.97 Å². The van der Waals surface area contributed by atoms with Crippen LogP contribution in [-0.2, 0) is 24.5 Å². The van der Waals surface area contributed by atoms with Gasteiger partial charge in [-0.3, -0.25) is 14.4 Å². The molecule has 2 atom stereocenters. The number of hydrogen-bond donors (Lipinski definition) is 1. The molecule has 1 N–H and O–H groups in total. The molecule has 0 bridgehead atoms. The van der Waals surface area contributed by atoms with E-state index in [2.05, 4.69) is 11.9 Å². The lowest BCUT2D eigenvalue weighted by Crippen LogP contribution is -2.61. The molecule has 6 heteroatoms. The number of nitrogens with zero attached hydrogens (tertiary/aromatic N) is 1. The Labute approximate surface area is 165 Å². The van der Waals surface area contributed by atoms with Gasteiger partial charge in [0.1, 0.15) is 17.6 Å². The summed E-state index contributed by atoms with van der Waals surface area (Å²) in [6.07, 6.45) is 1.18. The fraction of sp³-hybridized carbons (Fsp3) is 0.500. The number of esters is 1. The minimum Gasteiger partial charge on any atom is -0.459 e. The summed E-state index contributed by atoms with van der Waals surface area (Å²) in [6, 6.07) is 6.96. The van der Waals surface area contributed by atoms with Crippen LogP contribution in [0.4, 0.5) is 5.69 Å². The largest absolute Gasteiger partial charge is 0.459 e. The molecule has 0 aliphatic carbocycles. The van der Waals surface area contributed by atoms with Crippen LogP contribution in [0.25, 0.3) is 0 Å². The standard InChI is InChI=1S/C22H28N2O4/c1-6-14(2)19-22(15-9-7-8-10-16(15)23-20(22)27)12-11-17(25)24(19)13-18(26)28-21(3,4)5/h7-10,19H,2,6,11-13H2,1,3-5H3,(H,23,27). The number of likely N-dealkylation sites (tertiary alicyclic amines) is 1. The molecule has 1 aromatic rings. The topological polar surface area (TPSA) is 75.7 Å². The van der Waals surface area contributed by atoms with E-state index in [0.717, 1.165) is 16.8 Å². The molecule has 0 radical (unpaired) electrons. The number of ether oxygens (including phenoxy) is 1. The predicted octanol–water partition coefficient (Wildman–Crippen LogP) is 3.18. The van der Waals surface area contributed by atoms with Crippen LogP contribution in [0.2, 0.25) is 0 Å². The number of rotatable bonds is 4. The fourth-order valence-corrected chi connectivity index (χ4v) is 4.31. The number of carbonyl (C=O) groups is 3. The number of para-hydroxylation sites is 1. The van der Waals surface area contributed by atoms with E-state index in [9.17, 15) is 14.4 Å². The maximum Gasteiger partial charge on any atom is 0.326 e. The number of nitrogens with one attached hydrogen (secondary N) is 1. The Bertz CT molecular complexity index is 839. The highest BCUT2D eigenvalue weighted by molar-refractivity contribution is 6.08. The highest BCUT2D eigenvalue weighted by atomic mass is 16.6. The molecular weight excluding hydrogens is 356 g/mol. The zero-order valence-corrected chi connectivity index (χ0v) is 17.0. The maximum absolute atomic E-state index is 13.2. The summed E-state index contributed by atoms with van der Waals surface area (Å²) in [5, 5.41) is 2.96. The van der Waals surface area contributed by atoms with Crippen LogP contribution in [0.3, 0.4) is 0 Å². The van der Waals surface area contributed by atoms with Gasteiger partial charge in [0.15, 0.2) is 0 Å². The summed E-state index contributed by atoms with van der Waals surface area (Å²) < 4.78 is 5.43. The van der Waals surface area contributed by atoms with E-state index in [0.29, 0.717) is 12.8 Å². The molecule has 6 nitrogen and oxygen atoms in total. The zero-order chi connectivity index (χ0) is 20.7. The van der Waals surface area contributed by atoms with Crippen LogP contribution in [0.5, 0.6) is 0 Å². The molecule has 2 unspecified atom stereocenters. The van der Waals surface area contributed by atoms with Crippen LogP contribution in [0, 0.1) is 0 Å².